The molecule has 0 spiro atoms. The number of nitrogens with zero attached hydrogens (tertiary/aromatic N) is 1. The molecule has 7 nitrogen and oxygen atoms in total. The van der Waals surface area contributed by atoms with Gasteiger partial charge in [0.05, 0.1) is 18.7 Å². The van der Waals surface area contributed by atoms with Crippen molar-refractivity contribution in [3.8, 4) is 0 Å². The fourth-order valence-electron chi connectivity index (χ4n) is 2.21. The van der Waals surface area contributed by atoms with Crippen LogP contribution in [0.2, 0.25) is 0 Å². The summed E-state index contributed by atoms with van der Waals surface area (Å²) in [6.45, 7) is 1.28. The van der Waals surface area contributed by atoms with E-state index in [9.17, 15) is 15.0 Å². The summed E-state index contributed by atoms with van der Waals surface area (Å²) in [6.07, 6.45) is -2.98. The molecule has 1 aromatic carbocycles. The van der Waals surface area contributed by atoms with E-state index in [1.807, 2.05) is 30.3 Å². The van der Waals surface area contributed by atoms with E-state index >= 15 is 0 Å². The molecule has 4 N–H and O–H groups in total. The van der Waals surface area contributed by atoms with Gasteiger partial charge in [-0.25, -0.2) is 15.2 Å². The van der Waals surface area contributed by atoms with Crippen LogP contribution in [-0.2, 0) is 11.3 Å². The molecular formula is C14H20N2O5. The van der Waals surface area contributed by atoms with E-state index in [0.717, 1.165) is 10.6 Å². The number of aliphatic hydroxyl groups excluding tert-OH is 3. The van der Waals surface area contributed by atoms with Gasteiger partial charge < -0.3 is 20.1 Å². The van der Waals surface area contributed by atoms with Gasteiger partial charge in [0.2, 0.25) is 0 Å². The summed E-state index contributed by atoms with van der Waals surface area (Å²) in [6, 6.07) is 7.71. The van der Waals surface area contributed by atoms with Crippen molar-refractivity contribution in [2.24, 2.45) is 0 Å². The fourth-order valence-corrected chi connectivity index (χ4v) is 2.21. The third-order valence-corrected chi connectivity index (χ3v) is 3.57. The highest BCUT2D eigenvalue weighted by Gasteiger charge is 2.42. The lowest BCUT2D eigenvalue weighted by atomic mass is 9.98. The molecule has 1 aliphatic heterocycles. The van der Waals surface area contributed by atoms with Crippen LogP contribution in [0.1, 0.15) is 12.5 Å². The van der Waals surface area contributed by atoms with Crippen LogP contribution in [0.25, 0.3) is 0 Å². The van der Waals surface area contributed by atoms with E-state index in [0.29, 0.717) is 0 Å². The minimum absolute atomic E-state index is 0.104. The van der Waals surface area contributed by atoms with E-state index in [4.69, 9.17) is 9.84 Å². The number of hydrogen-bond donors (Lipinski definition) is 4. The number of hydrogen-bond acceptors (Lipinski definition) is 6. The first kappa shape index (κ1) is 15.7. The highest BCUT2D eigenvalue weighted by atomic mass is 16.6. The molecule has 1 fully saturated rings. The van der Waals surface area contributed by atoms with E-state index in [2.05, 4.69) is 5.43 Å². The lowest BCUT2D eigenvalue weighted by Crippen LogP contribution is -2.69. The maximum absolute atomic E-state index is 12.1. The van der Waals surface area contributed by atoms with Crippen LogP contribution < -0.4 is 5.43 Å². The van der Waals surface area contributed by atoms with E-state index < -0.39 is 37.0 Å². The molecule has 21 heavy (non-hydrogen) atoms. The number of hydrazine groups is 1. The molecular weight excluding hydrogens is 276 g/mol. The van der Waals surface area contributed by atoms with Crippen LogP contribution >= 0.6 is 0 Å². The number of aliphatic hydroxyl groups is 3. The van der Waals surface area contributed by atoms with Crippen LogP contribution in [-0.4, -0.2) is 57.3 Å². The Morgan fingerprint density at radius 2 is 1.95 bits per heavy atom. The molecule has 7 heteroatoms. The average molecular weight is 296 g/mol. The summed E-state index contributed by atoms with van der Waals surface area (Å²) in [5.74, 6) is 0. The van der Waals surface area contributed by atoms with Gasteiger partial charge in [-0.1, -0.05) is 30.3 Å². The number of carbonyl (C=O) groups excluding carboxylic acids is 1. The van der Waals surface area contributed by atoms with Gasteiger partial charge in [-0.2, -0.15) is 0 Å². The quantitative estimate of drug-likeness (QED) is 0.606. The van der Waals surface area contributed by atoms with E-state index in [1.54, 1.807) is 6.92 Å². The molecule has 0 bridgehead atoms. The van der Waals surface area contributed by atoms with Gasteiger partial charge in [0.25, 0.3) is 0 Å². The molecule has 2 rings (SSSR count). The second-order valence-corrected chi connectivity index (χ2v) is 5.05. The van der Waals surface area contributed by atoms with Gasteiger partial charge in [-0.3, -0.25) is 0 Å². The lowest BCUT2D eigenvalue weighted by molar-refractivity contribution is -0.116. The van der Waals surface area contributed by atoms with Crippen molar-refractivity contribution in [3.05, 3.63) is 35.9 Å². The van der Waals surface area contributed by atoms with Crippen molar-refractivity contribution in [2.75, 3.05) is 6.61 Å². The normalized spacial score (nSPS) is 29.2. The van der Waals surface area contributed by atoms with Gasteiger partial charge in [0.15, 0.2) is 0 Å². The molecule has 1 amide bonds. The molecule has 0 radical (unpaired) electrons. The molecule has 0 saturated carbocycles. The first-order chi connectivity index (χ1) is 10.0. The zero-order valence-corrected chi connectivity index (χ0v) is 11.7. The summed E-state index contributed by atoms with van der Waals surface area (Å²) in [4.78, 5) is 12.1. The largest absolute Gasteiger partial charge is 0.444 e. The lowest BCUT2D eigenvalue weighted by Gasteiger charge is -2.43. The second kappa shape index (κ2) is 6.86. The number of benzene rings is 1. The third-order valence-electron chi connectivity index (χ3n) is 3.57. The Labute approximate surface area is 122 Å². The van der Waals surface area contributed by atoms with Crippen molar-refractivity contribution in [1.82, 2.24) is 10.4 Å². The number of rotatable bonds is 3. The van der Waals surface area contributed by atoms with Crippen molar-refractivity contribution in [2.45, 2.75) is 37.8 Å². The molecule has 1 aromatic rings. The molecule has 116 valence electrons. The highest BCUT2D eigenvalue weighted by molar-refractivity contribution is 5.67. The third kappa shape index (κ3) is 3.51. The maximum Gasteiger partial charge on any atom is 0.424 e. The van der Waals surface area contributed by atoms with Crippen LogP contribution in [0.3, 0.4) is 0 Å². The highest BCUT2D eigenvalue weighted by Crippen LogP contribution is 2.17. The predicted octanol–water partition coefficient (Wildman–Crippen LogP) is -0.385. The second-order valence-electron chi connectivity index (χ2n) is 5.05. The zero-order chi connectivity index (χ0) is 15.4. The van der Waals surface area contributed by atoms with Crippen molar-refractivity contribution in [3.63, 3.8) is 0 Å². The van der Waals surface area contributed by atoms with E-state index in [1.165, 1.54) is 0 Å². The fraction of sp³-hybridized carbons (Fsp3) is 0.500. The topological polar surface area (TPSA) is 102 Å². The van der Waals surface area contributed by atoms with Gasteiger partial charge >= 0.3 is 6.09 Å². The van der Waals surface area contributed by atoms with Crippen LogP contribution in [0, 0.1) is 0 Å². The Hall–Kier alpha value is -1.67. The first-order valence-corrected chi connectivity index (χ1v) is 6.77. The SMILES string of the molecule is C[C@@H]1[C@@H](O)[C@@H](O)[C@H](CO)NN1C(=O)OCc1ccccc1. The van der Waals surface area contributed by atoms with Gasteiger partial charge in [0, 0.05) is 0 Å². The number of nitrogens with one attached hydrogen (secondary N) is 1. The van der Waals surface area contributed by atoms with Gasteiger partial charge in [-0.05, 0) is 12.5 Å². The van der Waals surface area contributed by atoms with Gasteiger partial charge in [0.1, 0.15) is 18.8 Å². The molecule has 1 saturated heterocycles. The summed E-state index contributed by atoms with van der Waals surface area (Å²) >= 11 is 0. The Morgan fingerprint density at radius 1 is 1.29 bits per heavy atom. The van der Waals surface area contributed by atoms with Crippen LogP contribution in [0.5, 0.6) is 0 Å². The Balaban J connectivity index is 1.97. The zero-order valence-electron chi connectivity index (χ0n) is 11.7. The molecule has 1 aliphatic rings. The van der Waals surface area contributed by atoms with E-state index in [-0.39, 0.29) is 6.61 Å². The number of ether oxygens (including phenoxy) is 1. The molecule has 0 unspecified atom stereocenters. The van der Waals surface area contributed by atoms with Crippen LogP contribution in [0.15, 0.2) is 30.3 Å². The minimum Gasteiger partial charge on any atom is -0.444 e. The van der Waals surface area contributed by atoms with Crippen molar-refractivity contribution in [1.29, 1.82) is 0 Å². The standard InChI is InChI=1S/C14H20N2O5/c1-9-12(18)13(19)11(7-17)15-16(9)14(20)21-8-10-5-3-2-4-6-10/h2-6,9,11-13,15,17-19H,7-8H2,1H3/t9-,11+,12-,13+/m1/s1. The van der Waals surface area contributed by atoms with Gasteiger partial charge in [-0.15, -0.1) is 0 Å². The Kier molecular flexibility index (Phi) is 5.13. The van der Waals surface area contributed by atoms with Crippen LogP contribution in [0.4, 0.5) is 4.79 Å². The summed E-state index contributed by atoms with van der Waals surface area (Å²) in [7, 11) is 0. The Morgan fingerprint density at radius 3 is 2.57 bits per heavy atom. The summed E-state index contributed by atoms with van der Waals surface area (Å²) in [5, 5.41) is 29.9. The molecule has 0 aromatic heterocycles. The summed E-state index contributed by atoms with van der Waals surface area (Å²) < 4.78 is 5.16. The van der Waals surface area contributed by atoms with Crippen molar-refractivity contribution >= 4 is 6.09 Å². The first-order valence-electron chi connectivity index (χ1n) is 6.77. The summed E-state index contributed by atoms with van der Waals surface area (Å²) in [5.41, 5.74) is 3.51. The Bertz CT molecular complexity index is 468. The smallest absolute Gasteiger partial charge is 0.424 e. The monoisotopic (exact) mass is 296 g/mol. The average Bonchev–Trinajstić information content (AvgIpc) is 2.52. The van der Waals surface area contributed by atoms with Crippen molar-refractivity contribution < 1.29 is 24.9 Å². The number of amides is 1. The minimum atomic E-state index is -1.16. The number of carbonyl (C=O) groups is 1. The molecule has 1 heterocycles. The molecule has 4 atom stereocenters. The molecule has 0 aliphatic carbocycles. The maximum atomic E-state index is 12.1. The predicted molar refractivity (Wildman–Crippen MR) is 74.0 cm³/mol.